The van der Waals surface area contributed by atoms with Crippen molar-refractivity contribution in [3.05, 3.63) is 52.3 Å². The second-order valence-electron chi connectivity index (χ2n) is 9.35. The first-order valence-electron chi connectivity index (χ1n) is 12.2. The summed E-state index contributed by atoms with van der Waals surface area (Å²) in [6, 6.07) is 9.95. The van der Waals surface area contributed by atoms with Gasteiger partial charge in [-0.2, -0.15) is 5.10 Å². The molecular formula is C26H43IN6. The number of rotatable bonds is 8. The predicted molar refractivity (Wildman–Crippen MR) is 149 cm³/mol. The lowest BCUT2D eigenvalue weighted by Crippen LogP contribution is -2.43. The minimum absolute atomic E-state index is 0. The number of aryl methyl sites for hydroxylation is 2. The fourth-order valence-electron chi connectivity index (χ4n) is 4.57. The molecule has 1 aromatic carbocycles. The fourth-order valence-corrected chi connectivity index (χ4v) is 4.57. The number of benzene rings is 1. The maximum Gasteiger partial charge on any atom is 0.191 e. The van der Waals surface area contributed by atoms with Crippen molar-refractivity contribution in [3.8, 4) is 0 Å². The molecule has 6 nitrogen and oxygen atoms in total. The third kappa shape index (κ3) is 7.98. The van der Waals surface area contributed by atoms with E-state index in [2.05, 4.69) is 79.5 Å². The molecule has 1 saturated heterocycles. The van der Waals surface area contributed by atoms with Crippen LogP contribution in [0.5, 0.6) is 0 Å². The Kier molecular flexibility index (Phi) is 11.2. The first-order chi connectivity index (χ1) is 15.4. The highest BCUT2D eigenvalue weighted by Gasteiger charge is 2.18. The molecule has 0 bridgehead atoms. The normalized spacial score (nSPS) is 18.0. The highest BCUT2D eigenvalue weighted by Crippen LogP contribution is 2.19. The number of hydrogen-bond acceptors (Lipinski definition) is 3. The van der Waals surface area contributed by atoms with Crippen molar-refractivity contribution >= 4 is 29.9 Å². The summed E-state index contributed by atoms with van der Waals surface area (Å²) in [5.41, 5.74) is 6.30. The molecule has 2 heterocycles. The summed E-state index contributed by atoms with van der Waals surface area (Å²) in [6.07, 6.45) is 4.96. The summed E-state index contributed by atoms with van der Waals surface area (Å²) in [5.74, 6) is 0.866. The van der Waals surface area contributed by atoms with Gasteiger partial charge in [0.25, 0.3) is 0 Å². The van der Waals surface area contributed by atoms with Crippen LogP contribution in [0.1, 0.15) is 68.1 Å². The molecule has 2 aromatic rings. The van der Waals surface area contributed by atoms with Crippen LogP contribution in [-0.2, 0) is 26.6 Å². The molecule has 2 atom stereocenters. The van der Waals surface area contributed by atoms with Crippen LogP contribution in [0.3, 0.4) is 0 Å². The first-order valence-corrected chi connectivity index (χ1v) is 12.2. The van der Waals surface area contributed by atoms with E-state index in [4.69, 9.17) is 4.99 Å². The van der Waals surface area contributed by atoms with E-state index in [9.17, 15) is 0 Å². The molecule has 0 amide bonds. The average Bonchev–Trinajstić information content (AvgIpc) is 3.00. The van der Waals surface area contributed by atoms with Crippen LogP contribution >= 0.6 is 24.0 Å². The minimum atomic E-state index is 0. The second-order valence-corrected chi connectivity index (χ2v) is 9.35. The Labute approximate surface area is 217 Å². The summed E-state index contributed by atoms with van der Waals surface area (Å²) in [4.78, 5) is 7.44. The van der Waals surface area contributed by atoms with Gasteiger partial charge in [-0.3, -0.25) is 9.58 Å². The molecule has 2 unspecified atom stereocenters. The molecule has 0 saturated carbocycles. The molecule has 3 rings (SSSR count). The Hall–Kier alpha value is -1.61. The van der Waals surface area contributed by atoms with Crippen LogP contribution in [0.2, 0.25) is 0 Å². The Balaban J connectivity index is 0.00000385. The molecule has 1 aromatic heterocycles. The molecule has 2 N–H and O–H groups in total. The number of aromatic nitrogens is 2. The van der Waals surface area contributed by atoms with Gasteiger partial charge in [0.15, 0.2) is 5.96 Å². The molecular weight excluding hydrogens is 523 g/mol. The number of piperidine rings is 1. The van der Waals surface area contributed by atoms with Crippen molar-refractivity contribution in [2.24, 2.45) is 12.0 Å². The molecule has 0 radical (unpaired) electrons. The van der Waals surface area contributed by atoms with Gasteiger partial charge < -0.3 is 10.6 Å². The lowest BCUT2D eigenvalue weighted by molar-refractivity contribution is 0.152. The first kappa shape index (κ1) is 27.6. The molecule has 0 aliphatic carbocycles. The Bertz CT molecular complexity index is 889. The van der Waals surface area contributed by atoms with E-state index >= 15 is 0 Å². The minimum Gasteiger partial charge on any atom is -0.357 e. The molecule has 184 valence electrons. The quantitative estimate of drug-likeness (QED) is 0.276. The topological polar surface area (TPSA) is 57.5 Å². The highest BCUT2D eigenvalue weighted by molar-refractivity contribution is 14.0. The zero-order chi connectivity index (χ0) is 23.1. The highest BCUT2D eigenvalue weighted by atomic mass is 127. The molecule has 7 heteroatoms. The molecule has 1 aliphatic heterocycles. The SMILES string of the molecule is CCNC(=NCc1ccc(CN2CCCCC2C)cc1)NC(C)Cc1c(C)nn(C)c1C.I. The van der Waals surface area contributed by atoms with Crippen LogP contribution < -0.4 is 10.6 Å². The lowest BCUT2D eigenvalue weighted by Gasteiger charge is -2.33. The Morgan fingerprint density at radius 3 is 2.48 bits per heavy atom. The van der Waals surface area contributed by atoms with Crippen LogP contribution in [0.4, 0.5) is 0 Å². The fraction of sp³-hybridized carbons (Fsp3) is 0.615. The molecule has 33 heavy (non-hydrogen) atoms. The number of hydrogen-bond donors (Lipinski definition) is 2. The van der Waals surface area contributed by atoms with Gasteiger partial charge in [0.2, 0.25) is 0 Å². The number of aliphatic imine (C=N–C) groups is 1. The van der Waals surface area contributed by atoms with Gasteiger partial charge in [0.1, 0.15) is 0 Å². The van der Waals surface area contributed by atoms with Crippen molar-refractivity contribution in [3.63, 3.8) is 0 Å². The third-order valence-electron chi connectivity index (χ3n) is 6.67. The number of likely N-dealkylation sites (tertiary alicyclic amines) is 1. The van der Waals surface area contributed by atoms with Gasteiger partial charge >= 0.3 is 0 Å². The number of nitrogens with one attached hydrogen (secondary N) is 2. The van der Waals surface area contributed by atoms with Gasteiger partial charge in [0.05, 0.1) is 12.2 Å². The average molecular weight is 567 g/mol. The standard InChI is InChI=1S/C26H42N6.HI/c1-7-27-26(29-19(2)16-25-21(4)30-31(6)22(25)5)28-17-23-11-13-24(14-12-23)18-32-15-9-8-10-20(32)3;/h11-14,19-20H,7-10,15-18H2,1-6H3,(H2,27,28,29);1H. The summed E-state index contributed by atoms with van der Waals surface area (Å²) in [5, 5.41) is 11.5. The molecule has 1 aliphatic rings. The number of nitrogens with zero attached hydrogens (tertiary/aromatic N) is 4. The molecule has 1 fully saturated rings. The van der Waals surface area contributed by atoms with Gasteiger partial charge in [-0.1, -0.05) is 30.7 Å². The summed E-state index contributed by atoms with van der Waals surface area (Å²) >= 11 is 0. The summed E-state index contributed by atoms with van der Waals surface area (Å²) < 4.78 is 1.96. The maximum absolute atomic E-state index is 4.84. The van der Waals surface area contributed by atoms with Crippen molar-refractivity contribution in [1.82, 2.24) is 25.3 Å². The predicted octanol–water partition coefficient (Wildman–Crippen LogP) is 4.72. The Morgan fingerprint density at radius 1 is 1.18 bits per heavy atom. The van der Waals surface area contributed by atoms with E-state index in [1.807, 2.05) is 11.7 Å². The third-order valence-corrected chi connectivity index (χ3v) is 6.67. The summed E-state index contributed by atoms with van der Waals surface area (Å²) in [6.45, 7) is 14.7. The smallest absolute Gasteiger partial charge is 0.191 e. The van der Waals surface area contributed by atoms with Crippen molar-refractivity contribution in [2.45, 2.75) is 85.5 Å². The van der Waals surface area contributed by atoms with Gasteiger partial charge in [0, 0.05) is 37.9 Å². The monoisotopic (exact) mass is 566 g/mol. The molecule has 0 spiro atoms. The van der Waals surface area contributed by atoms with E-state index in [0.717, 1.165) is 31.2 Å². The largest absolute Gasteiger partial charge is 0.357 e. The van der Waals surface area contributed by atoms with Gasteiger partial charge in [-0.05, 0) is 77.1 Å². The number of guanidine groups is 1. The van der Waals surface area contributed by atoms with Crippen LogP contribution in [0.15, 0.2) is 29.3 Å². The summed E-state index contributed by atoms with van der Waals surface area (Å²) in [7, 11) is 2.01. The second kappa shape index (κ2) is 13.3. The Morgan fingerprint density at radius 2 is 1.88 bits per heavy atom. The van der Waals surface area contributed by atoms with Gasteiger partial charge in [-0.25, -0.2) is 4.99 Å². The van der Waals surface area contributed by atoms with Crippen molar-refractivity contribution < 1.29 is 0 Å². The van der Waals surface area contributed by atoms with Crippen molar-refractivity contribution in [1.29, 1.82) is 0 Å². The maximum atomic E-state index is 4.84. The van der Waals surface area contributed by atoms with Crippen LogP contribution in [0.25, 0.3) is 0 Å². The van der Waals surface area contributed by atoms with Gasteiger partial charge in [-0.15, -0.1) is 24.0 Å². The van der Waals surface area contributed by atoms with E-state index in [0.29, 0.717) is 12.6 Å². The van der Waals surface area contributed by atoms with E-state index in [1.54, 1.807) is 0 Å². The van der Waals surface area contributed by atoms with E-state index < -0.39 is 0 Å². The van der Waals surface area contributed by atoms with Crippen LogP contribution in [-0.4, -0.2) is 45.8 Å². The van der Waals surface area contributed by atoms with Crippen LogP contribution in [0, 0.1) is 13.8 Å². The lowest BCUT2D eigenvalue weighted by atomic mass is 10.0. The number of halogens is 1. The zero-order valence-electron chi connectivity index (χ0n) is 21.3. The zero-order valence-corrected chi connectivity index (χ0v) is 23.6. The van der Waals surface area contributed by atoms with Crippen molar-refractivity contribution in [2.75, 3.05) is 13.1 Å². The van der Waals surface area contributed by atoms with E-state index in [1.165, 1.54) is 48.2 Å². The van der Waals surface area contributed by atoms with E-state index in [-0.39, 0.29) is 30.0 Å².